The number of aryl methyl sites for hydroxylation is 1. The predicted octanol–water partition coefficient (Wildman–Crippen LogP) is 1.93. The molecule has 1 aromatic rings. The summed E-state index contributed by atoms with van der Waals surface area (Å²) in [5, 5.41) is 2.89. The fraction of sp³-hybridized carbons (Fsp3) is 0.562. The van der Waals surface area contributed by atoms with E-state index in [-0.39, 0.29) is 5.91 Å². The summed E-state index contributed by atoms with van der Waals surface area (Å²) in [6, 6.07) is 5.98. The van der Waals surface area contributed by atoms with Crippen molar-refractivity contribution in [2.75, 3.05) is 33.5 Å². The lowest BCUT2D eigenvalue weighted by atomic mass is 10.1. The first kappa shape index (κ1) is 15.6. The van der Waals surface area contributed by atoms with Crippen LogP contribution in [0, 0.1) is 0 Å². The Morgan fingerprint density at radius 1 is 1.24 bits per heavy atom. The minimum Gasteiger partial charge on any atom is -0.486 e. The van der Waals surface area contributed by atoms with Gasteiger partial charge in [0.2, 0.25) is 5.91 Å². The number of fused-ring (bicyclic) bond motifs is 1. The summed E-state index contributed by atoms with van der Waals surface area (Å²) < 4.78 is 16.0. The molecule has 0 spiro atoms. The molecule has 0 bridgehead atoms. The van der Waals surface area contributed by atoms with E-state index in [0.717, 1.165) is 30.8 Å². The Hall–Kier alpha value is -1.75. The highest BCUT2D eigenvalue weighted by Gasteiger charge is 2.11. The Kier molecular flexibility index (Phi) is 6.34. The Morgan fingerprint density at radius 2 is 2.05 bits per heavy atom. The fourth-order valence-electron chi connectivity index (χ4n) is 2.23. The molecule has 1 aliphatic rings. The molecule has 0 saturated carbocycles. The second-order valence-electron chi connectivity index (χ2n) is 5.03. The van der Waals surface area contributed by atoms with Crippen molar-refractivity contribution in [2.24, 2.45) is 0 Å². The highest BCUT2D eigenvalue weighted by molar-refractivity contribution is 5.75. The van der Waals surface area contributed by atoms with Crippen LogP contribution in [0.4, 0.5) is 0 Å². The zero-order chi connectivity index (χ0) is 14.9. The maximum absolute atomic E-state index is 11.6. The zero-order valence-corrected chi connectivity index (χ0v) is 12.5. The van der Waals surface area contributed by atoms with Crippen LogP contribution in [0.1, 0.15) is 24.8 Å². The lowest BCUT2D eigenvalue weighted by Gasteiger charge is -2.18. The van der Waals surface area contributed by atoms with Gasteiger partial charge in [0.15, 0.2) is 11.5 Å². The van der Waals surface area contributed by atoms with E-state index in [0.29, 0.717) is 32.8 Å². The van der Waals surface area contributed by atoms with Gasteiger partial charge in [-0.15, -0.1) is 0 Å². The molecule has 1 N–H and O–H groups in total. The van der Waals surface area contributed by atoms with Crippen molar-refractivity contribution in [2.45, 2.75) is 25.7 Å². The second kappa shape index (κ2) is 8.52. The maximum atomic E-state index is 11.6. The van der Waals surface area contributed by atoms with E-state index in [9.17, 15) is 4.79 Å². The number of carbonyl (C=O) groups excluding carboxylic acids is 1. The molecule has 0 unspecified atom stereocenters. The number of carbonyl (C=O) groups is 1. The quantitative estimate of drug-likeness (QED) is 0.744. The number of nitrogens with one attached hydrogen (secondary N) is 1. The molecular formula is C16H23NO4. The van der Waals surface area contributed by atoms with Crippen LogP contribution in [0.5, 0.6) is 11.5 Å². The van der Waals surface area contributed by atoms with E-state index >= 15 is 0 Å². The predicted molar refractivity (Wildman–Crippen MR) is 79.9 cm³/mol. The third-order valence-electron chi connectivity index (χ3n) is 3.32. The van der Waals surface area contributed by atoms with E-state index < -0.39 is 0 Å². The molecule has 1 amide bonds. The summed E-state index contributed by atoms with van der Waals surface area (Å²) in [6.45, 7) is 2.56. The van der Waals surface area contributed by atoms with Gasteiger partial charge in [-0.1, -0.05) is 6.07 Å². The molecule has 116 valence electrons. The van der Waals surface area contributed by atoms with Crippen LogP contribution in [0.3, 0.4) is 0 Å². The van der Waals surface area contributed by atoms with Crippen molar-refractivity contribution >= 4 is 5.91 Å². The molecule has 0 aromatic heterocycles. The summed E-state index contributed by atoms with van der Waals surface area (Å²) in [5.41, 5.74) is 1.17. The standard InChI is InChI=1S/C16H23NO4/c1-19-9-3-8-17-16(18)5-2-4-13-6-7-14-15(12-13)21-11-10-20-14/h6-7,12H,2-5,8-11H2,1H3,(H,17,18). The van der Waals surface area contributed by atoms with Gasteiger partial charge in [-0.2, -0.15) is 0 Å². The normalized spacial score (nSPS) is 13.0. The van der Waals surface area contributed by atoms with Crippen molar-refractivity contribution in [3.8, 4) is 11.5 Å². The minimum absolute atomic E-state index is 0.101. The lowest BCUT2D eigenvalue weighted by Crippen LogP contribution is -2.24. The Morgan fingerprint density at radius 3 is 2.86 bits per heavy atom. The van der Waals surface area contributed by atoms with Gasteiger partial charge in [-0.3, -0.25) is 4.79 Å². The van der Waals surface area contributed by atoms with Crippen LogP contribution in [0.25, 0.3) is 0 Å². The SMILES string of the molecule is COCCCNC(=O)CCCc1ccc2c(c1)OCCO2. The van der Waals surface area contributed by atoms with Crippen molar-refractivity contribution in [1.82, 2.24) is 5.32 Å². The molecule has 1 heterocycles. The highest BCUT2D eigenvalue weighted by Crippen LogP contribution is 2.31. The zero-order valence-electron chi connectivity index (χ0n) is 12.5. The molecule has 0 radical (unpaired) electrons. The van der Waals surface area contributed by atoms with Gasteiger partial charge in [0.1, 0.15) is 13.2 Å². The smallest absolute Gasteiger partial charge is 0.220 e. The van der Waals surface area contributed by atoms with Crippen LogP contribution in [0.15, 0.2) is 18.2 Å². The fourth-order valence-corrected chi connectivity index (χ4v) is 2.23. The van der Waals surface area contributed by atoms with Crippen LogP contribution in [-0.2, 0) is 16.0 Å². The summed E-state index contributed by atoms with van der Waals surface area (Å²) in [4.78, 5) is 11.6. The molecule has 0 atom stereocenters. The number of hydrogen-bond acceptors (Lipinski definition) is 4. The summed E-state index contributed by atoms with van der Waals surface area (Å²) in [6.07, 6.45) is 3.09. The molecule has 1 aliphatic heterocycles. The summed E-state index contributed by atoms with van der Waals surface area (Å²) in [5.74, 6) is 1.72. The largest absolute Gasteiger partial charge is 0.486 e. The van der Waals surface area contributed by atoms with Crippen LogP contribution in [0.2, 0.25) is 0 Å². The van der Waals surface area contributed by atoms with Gasteiger partial charge in [0.05, 0.1) is 0 Å². The summed E-state index contributed by atoms with van der Waals surface area (Å²) in [7, 11) is 1.66. The molecule has 0 fully saturated rings. The van der Waals surface area contributed by atoms with E-state index in [4.69, 9.17) is 14.2 Å². The first-order chi connectivity index (χ1) is 10.3. The monoisotopic (exact) mass is 293 g/mol. The van der Waals surface area contributed by atoms with Crippen LogP contribution >= 0.6 is 0 Å². The van der Waals surface area contributed by atoms with Gasteiger partial charge < -0.3 is 19.5 Å². The van der Waals surface area contributed by atoms with E-state index in [2.05, 4.69) is 5.32 Å². The second-order valence-corrected chi connectivity index (χ2v) is 5.03. The molecular weight excluding hydrogens is 270 g/mol. The van der Waals surface area contributed by atoms with Crippen molar-refractivity contribution < 1.29 is 19.0 Å². The molecule has 5 heteroatoms. The molecule has 21 heavy (non-hydrogen) atoms. The molecule has 0 aliphatic carbocycles. The third-order valence-corrected chi connectivity index (χ3v) is 3.32. The number of amides is 1. The van der Waals surface area contributed by atoms with Crippen molar-refractivity contribution in [3.05, 3.63) is 23.8 Å². The molecule has 1 aromatic carbocycles. The van der Waals surface area contributed by atoms with Crippen LogP contribution in [-0.4, -0.2) is 39.4 Å². The Balaban J connectivity index is 1.67. The maximum Gasteiger partial charge on any atom is 0.220 e. The first-order valence-corrected chi connectivity index (χ1v) is 7.44. The first-order valence-electron chi connectivity index (χ1n) is 7.44. The highest BCUT2D eigenvalue weighted by atomic mass is 16.6. The van der Waals surface area contributed by atoms with Gasteiger partial charge in [-0.05, 0) is 37.0 Å². The molecule has 5 nitrogen and oxygen atoms in total. The Labute approximate surface area is 125 Å². The van der Waals surface area contributed by atoms with Gasteiger partial charge >= 0.3 is 0 Å². The van der Waals surface area contributed by atoms with Crippen molar-refractivity contribution in [3.63, 3.8) is 0 Å². The van der Waals surface area contributed by atoms with Crippen molar-refractivity contribution in [1.29, 1.82) is 0 Å². The van der Waals surface area contributed by atoms with Gasteiger partial charge in [0, 0.05) is 26.7 Å². The number of rotatable bonds is 8. The number of methoxy groups -OCH3 is 1. The van der Waals surface area contributed by atoms with Gasteiger partial charge in [0.25, 0.3) is 0 Å². The van der Waals surface area contributed by atoms with Gasteiger partial charge in [-0.25, -0.2) is 0 Å². The summed E-state index contributed by atoms with van der Waals surface area (Å²) >= 11 is 0. The molecule has 0 saturated heterocycles. The Bertz CT molecular complexity index is 462. The van der Waals surface area contributed by atoms with Crippen LogP contribution < -0.4 is 14.8 Å². The topological polar surface area (TPSA) is 56.8 Å². The lowest BCUT2D eigenvalue weighted by molar-refractivity contribution is -0.121. The van der Waals surface area contributed by atoms with E-state index in [1.54, 1.807) is 7.11 Å². The number of benzene rings is 1. The third kappa shape index (κ3) is 5.27. The average Bonchev–Trinajstić information content (AvgIpc) is 2.51. The molecule has 2 rings (SSSR count). The number of hydrogen-bond donors (Lipinski definition) is 1. The average molecular weight is 293 g/mol. The number of ether oxygens (including phenoxy) is 3. The minimum atomic E-state index is 0.101. The van der Waals surface area contributed by atoms with E-state index in [1.807, 2.05) is 18.2 Å². The van der Waals surface area contributed by atoms with E-state index in [1.165, 1.54) is 5.56 Å².